The summed E-state index contributed by atoms with van der Waals surface area (Å²) >= 11 is 0. The molecule has 1 aromatic carbocycles. The van der Waals surface area contributed by atoms with Crippen LogP contribution in [-0.4, -0.2) is 41.7 Å². The van der Waals surface area contributed by atoms with Crippen molar-refractivity contribution in [1.82, 2.24) is 4.90 Å². The van der Waals surface area contributed by atoms with Crippen LogP contribution in [0.3, 0.4) is 0 Å². The van der Waals surface area contributed by atoms with Gasteiger partial charge in [0.25, 0.3) is 0 Å². The van der Waals surface area contributed by atoms with E-state index in [4.69, 9.17) is 15.7 Å². The third-order valence-corrected chi connectivity index (χ3v) is 3.06. The summed E-state index contributed by atoms with van der Waals surface area (Å²) in [4.78, 5) is 2.35. The SMILES string of the molecule is CC1CN(Cc2cccc(/C(N)=N/O)c2)CCO1. The first-order valence-corrected chi connectivity index (χ1v) is 6.10. The Hall–Kier alpha value is -1.59. The van der Waals surface area contributed by atoms with Crippen molar-refractivity contribution in [2.45, 2.75) is 19.6 Å². The summed E-state index contributed by atoms with van der Waals surface area (Å²) in [7, 11) is 0. The maximum Gasteiger partial charge on any atom is 0.170 e. The second-order valence-corrected chi connectivity index (χ2v) is 4.60. The number of amidine groups is 1. The second-order valence-electron chi connectivity index (χ2n) is 4.60. The standard InChI is InChI=1S/C13H19N3O2/c1-10-8-16(5-6-18-10)9-11-3-2-4-12(7-11)13(14)15-17/h2-4,7,10,17H,5-6,8-9H2,1H3,(H2,14,15). The molecule has 98 valence electrons. The van der Waals surface area contributed by atoms with E-state index in [1.807, 2.05) is 24.3 Å². The molecule has 1 saturated heterocycles. The van der Waals surface area contributed by atoms with Crippen molar-refractivity contribution >= 4 is 5.84 Å². The van der Waals surface area contributed by atoms with E-state index in [1.165, 1.54) is 0 Å². The molecule has 0 saturated carbocycles. The van der Waals surface area contributed by atoms with E-state index in [1.54, 1.807) is 0 Å². The molecule has 2 rings (SSSR count). The second kappa shape index (κ2) is 5.84. The topological polar surface area (TPSA) is 71.1 Å². The Bertz CT molecular complexity index is 434. The van der Waals surface area contributed by atoms with E-state index >= 15 is 0 Å². The number of oxime groups is 1. The molecule has 5 heteroatoms. The van der Waals surface area contributed by atoms with Crippen molar-refractivity contribution in [3.8, 4) is 0 Å². The molecule has 0 radical (unpaired) electrons. The molecular weight excluding hydrogens is 230 g/mol. The van der Waals surface area contributed by atoms with Gasteiger partial charge in [0.1, 0.15) is 0 Å². The van der Waals surface area contributed by atoms with Crippen LogP contribution in [0.1, 0.15) is 18.1 Å². The van der Waals surface area contributed by atoms with E-state index in [2.05, 4.69) is 17.0 Å². The number of hydrogen-bond donors (Lipinski definition) is 2. The molecule has 1 atom stereocenters. The van der Waals surface area contributed by atoms with Gasteiger partial charge in [-0.25, -0.2) is 0 Å². The summed E-state index contributed by atoms with van der Waals surface area (Å²) in [5.74, 6) is 0.146. The molecule has 1 aliphatic heterocycles. The number of nitrogens with zero attached hydrogens (tertiary/aromatic N) is 2. The molecule has 1 aromatic rings. The highest BCUT2D eigenvalue weighted by atomic mass is 16.5. The average molecular weight is 249 g/mol. The van der Waals surface area contributed by atoms with Gasteiger partial charge in [0.05, 0.1) is 12.7 Å². The quantitative estimate of drug-likeness (QED) is 0.363. The van der Waals surface area contributed by atoms with E-state index in [0.717, 1.165) is 37.4 Å². The van der Waals surface area contributed by atoms with Crippen LogP contribution in [0.25, 0.3) is 0 Å². The van der Waals surface area contributed by atoms with Crippen LogP contribution >= 0.6 is 0 Å². The highest BCUT2D eigenvalue weighted by Crippen LogP contribution is 2.12. The predicted octanol–water partition coefficient (Wildman–Crippen LogP) is 1.00. The van der Waals surface area contributed by atoms with Crippen LogP contribution in [0.4, 0.5) is 0 Å². The zero-order valence-corrected chi connectivity index (χ0v) is 10.5. The zero-order chi connectivity index (χ0) is 13.0. The van der Waals surface area contributed by atoms with Gasteiger partial charge in [-0.1, -0.05) is 23.4 Å². The van der Waals surface area contributed by atoms with Crippen molar-refractivity contribution in [3.63, 3.8) is 0 Å². The van der Waals surface area contributed by atoms with E-state index in [0.29, 0.717) is 0 Å². The molecule has 18 heavy (non-hydrogen) atoms. The van der Waals surface area contributed by atoms with Crippen molar-refractivity contribution in [2.75, 3.05) is 19.7 Å². The number of nitrogens with two attached hydrogens (primary N) is 1. The first-order valence-electron chi connectivity index (χ1n) is 6.10. The van der Waals surface area contributed by atoms with Gasteiger partial charge in [0.15, 0.2) is 5.84 Å². The highest BCUT2D eigenvalue weighted by Gasteiger charge is 2.16. The first-order chi connectivity index (χ1) is 8.69. The number of hydrogen-bond acceptors (Lipinski definition) is 4. The lowest BCUT2D eigenvalue weighted by Gasteiger charge is -2.31. The van der Waals surface area contributed by atoms with Gasteiger partial charge < -0.3 is 15.7 Å². The van der Waals surface area contributed by atoms with E-state index in [9.17, 15) is 0 Å². The average Bonchev–Trinajstić information content (AvgIpc) is 2.38. The maximum absolute atomic E-state index is 8.67. The van der Waals surface area contributed by atoms with Crippen LogP contribution in [0.15, 0.2) is 29.4 Å². The summed E-state index contributed by atoms with van der Waals surface area (Å²) in [5.41, 5.74) is 7.49. The molecule has 0 aromatic heterocycles. The van der Waals surface area contributed by atoms with E-state index < -0.39 is 0 Å². The fraction of sp³-hybridized carbons (Fsp3) is 0.462. The van der Waals surface area contributed by atoms with E-state index in [-0.39, 0.29) is 11.9 Å². The largest absolute Gasteiger partial charge is 0.409 e. The summed E-state index contributed by atoms with van der Waals surface area (Å²) in [6.07, 6.45) is 0.283. The van der Waals surface area contributed by atoms with Crippen molar-refractivity contribution < 1.29 is 9.94 Å². The Balaban J connectivity index is 2.05. The molecule has 0 bridgehead atoms. The Morgan fingerprint density at radius 1 is 1.61 bits per heavy atom. The van der Waals surface area contributed by atoms with Crippen molar-refractivity contribution in [1.29, 1.82) is 0 Å². The van der Waals surface area contributed by atoms with Crippen LogP contribution < -0.4 is 5.73 Å². The van der Waals surface area contributed by atoms with Crippen LogP contribution in [0.5, 0.6) is 0 Å². The number of benzene rings is 1. The van der Waals surface area contributed by atoms with Gasteiger partial charge in [-0.15, -0.1) is 0 Å². The Morgan fingerprint density at radius 3 is 3.17 bits per heavy atom. The molecule has 0 aliphatic carbocycles. The van der Waals surface area contributed by atoms with Crippen molar-refractivity contribution in [3.05, 3.63) is 35.4 Å². The molecule has 0 amide bonds. The predicted molar refractivity (Wildman–Crippen MR) is 69.6 cm³/mol. The van der Waals surface area contributed by atoms with Crippen LogP contribution in [0.2, 0.25) is 0 Å². The fourth-order valence-electron chi connectivity index (χ4n) is 2.18. The lowest BCUT2D eigenvalue weighted by Crippen LogP contribution is -2.40. The highest BCUT2D eigenvalue weighted by molar-refractivity contribution is 5.97. The van der Waals surface area contributed by atoms with Gasteiger partial charge in [-0.3, -0.25) is 4.90 Å². The minimum absolute atomic E-state index is 0.146. The van der Waals surface area contributed by atoms with Crippen LogP contribution in [-0.2, 0) is 11.3 Å². The molecule has 1 aliphatic rings. The number of rotatable bonds is 3. The molecule has 1 unspecified atom stereocenters. The Kier molecular flexibility index (Phi) is 4.17. The van der Waals surface area contributed by atoms with Gasteiger partial charge in [-0.2, -0.15) is 0 Å². The minimum atomic E-state index is 0.146. The molecule has 0 spiro atoms. The lowest BCUT2D eigenvalue weighted by molar-refractivity contribution is -0.0212. The van der Waals surface area contributed by atoms with Crippen molar-refractivity contribution in [2.24, 2.45) is 10.9 Å². The monoisotopic (exact) mass is 249 g/mol. The number of morpholine rings is 1. The number of ether oxygens (including phenoxy) is 1. The third kappa shape index (κ3) is 3.21. The summed E-state index contributed by atoms with van der Waals surface area (Å²) in [6, 6.07) is 7.76. The summed E-state index contributed by atoms with van der Waals surface area (Å²) in [6.45, 7) is 5.60. The summed E-state index contributed by atoms with van der Waals surface area (Å²) < 4.78 is 5.51. The minimum Gasteiger partial charge on any atom is -0.409 e. The molecule has 1 heterocycles. The molecule has 1 fully saturated rings. The van der Waals surface area contributed by atoms with Gasteiger partial charge in [-0.05, 0) is 18.6 Å². The van der Waals surface area contributed by atoms with Gasteiger partial charge in [0, 0.05) is 25.2 Å². The Labute approximate surface area is 107 Å². The van der Waals surface area contributed by atoms with Gasteiger partial charge >= 0.3 is 0 Å². The van der Waals surface area contributed by atoms with Gasteiger partial charge in [0.2, 0.25) is 0 Å². The summed E-state index contributed by atoms with van der Waals surface area (Å²) in [5, 5.41) is 11.7. The molecular formula is C13H19N3O2. The first kappa shape index (κ1) is 12.9. The molecule has 5 nitrogen and oxygen atoms in total. The smallest absolute Gasteiger partial charge is 0.170 e. The lowest BCUT2D eigenvalue weighted by atomic mass is 10.1. The third-order valence-electron chi connectivity index (χ3n) is 3.06. The van der Waals surface area contributed by atoms with Crippen LogP contribution in [0, 0.1) is 0 Å². The fourth-order valence-corrected chi connectivity index (χ4v) is 2.18. The zero-order valence-electron chi connectivity index (χ0n) is 10.5. The molecule has 3 N–H and O–H groups in total. The Morgan fingerprint density at radius 2 is 2.44 bits per heavy atom. The maximum atomic E-state index is 8.67. The normalized spacial score (nSPS) is 22.1.